The number of nitrogens with two attached hydrogens (primary N) is 2. The summed E-state index contributed by atoms with van der Waals surface area (Å²) in [5.41, 5.74) is 10.4. The van der Waals surface area contributed by atoms with Gasteiger partial charge in [0.25, 0.3) is 0 Å². The first-order valence-corrected chi connectivity index (χ1v) is 6.68. The van der Waals surface area contributed by atoms with Crippen molar-refractivity contribution in [3.8, 4) is 0 Å². The normalized spacial score (nSPS) is 12.1. The maximum absolute atomic E-state index is 5.84. The van der Waals surface area contributed by atoms with Crippen LogP contribution in [0.4, 0.5) is 22.7 Å². The van der Waals surface area contributed by atoms with Crippen molar-refractivity contribution in [2.45, 2.75) is 9.79 Å². The number of rotatable bonds is 1. The Morgan fingerprint density at radius 3 is 2.32 bits per heavy atom. The highest BCUT2D eigenvalue weighted by Crippen LogP contribution is 2.40. The van der Waals surface area contributed by atoms with E-state index in [0.29, 0.717) is 0 Å². The van der Waals surface area contributed by atoms with E-state index >= 15 is 0 Å². The molecule has 0 fully saturated rings. The maximum Gasteiger partial charge on any atom is 0.148 e. The molecule has 3 rings (SSSR count). The second kappa shape index (κ2) is 5.33. The first kappa shape index (κ1) is 14.1. The molecule has 1 aliphatic heterocycles. The Kier molecular flexibility index (Phi) is 3.94. The number of halogens is 1. The zero-order valence-electron chi connectivity index (χ0n) is 10.9. The largest absolute Gasteiger partial charge is 1.00 e. The van der Waals surface area contributed by atoms with Crippen molar-refractivity contribution < 1.29 is 17.7 Å². The van der Waals surface area contributed by atoms with E-state index in [2.05, 4.69) is 48.6 Å². The van der Waals surface area contributed by atoms with Crippen molar-refractivity contribution in [1.82, 2.24) is 0 Å². The summed E-state index contributed by atoms with van der Waals surface area (Å²) in [6.07, 6.45) is 0. The summed E-state index contributed by atoms with van der Waals surface area (Å²) in [5, 5.41) is 2.22. The lowest BCUT2D eigenvalue weighted by molar-refractivity contribution is -0.485. The molecule has 19 heavy (non-hydrogen) atoms. The van der Waals surface area contributed by atoms with E-state index in [-0.39, 0.29) is 12.4 Å². The van der Waals surface area contributed by atoms with E-state index < -0.39 is 0 Å². The van der Waals surface area contributed by atoms with Crippen molar-refractivity contribution >= 4 is 34.5 Å². The van der Waals surface area contributed by atoms with Gasteiger partial charge in [-0.1, -0.05) is 11.8 Å². The Labute approximate surface area is 123 Å². The SMILES string of the molecule is CN(C)c1ccc2c(c1)Sc1cc(N)ccc1[NH2+]2.[Cl-]. The van der Waals surface area contributed by atoms with Crippen LogP contribution in [0.15, 0.2) is 46.2 Å². The molecule has 0 amide bonds. The first-order chi connectivity index (χ1) is 8.63. The third-order valence-corrected chi connectivity index (χ3v) is 4.23. The van der Waals surface area contributed by atoms with Crippen LogP contribution in [0.3, 0.4) is 0 Å². The smallest absolute Gasteiger partial charge is 0.148 e. The van der Waals surface area contributed by atoms with Crippen LogP contribution in [0.1, 0.15) is 0 Å². The predicted octanol–water partition coefficient (Wildman–Crippen LogP) is -0.670. The molecule has 1 aliphatic rings. The minimum absolute atomic E-state index is 0. The summed E-state index contributed by atoms with van der Waals surface area (Å²) in [5.74, 6) is 0. The summed E-state index contributed by atoms with van der Waals surface area (Å²) >= 11 is 1.79. The molecule has 2 aromatic rings. The van der Waals surface area contributed by atoms with Crippen LogP contribution in [0.5, 0.6) is 0 Å². The summed E-state index contributed by atoms with van der Waals surface area (Å²) in [7, 11) is 4.12. The van der Waals surface area contributed by atoms with Crippen LogP contribution in [-0.2, 0) is 0 Å². The van der Waals surface area contributed by atoms with Gasteiger partial charge in [-0.25, -0.2) is 0 Å². The number of anilines is 2. The van der Waals surface area contributed by atoms with Gasteiger partial charge in [0.15, 0.2) is 0 Å². The average molecular weight is 294 g/mol. The third-order valence-electron chi connectivity index (χ3n) is 3.08. The van der Waals surface area contributed by atoms with E-state index in [1.165, 1.54) is 26.9 Å². The molecule has 0 radical (unpaired) electrons. The van der Waals surface area contributed by atoms with Gasteiger partial charge in [-0.05, 0) is 24.3 Å². The standard InChI is InChI=1S/C14H15N3S.ClH/c1-17(2)10-4-6-12-14(8-10)18-13-7-9(15)3-5-11(13)16-12;/h3-8,16H,15H2,1-2H3;1H. The molecule has 0 saturated heterocycles. The Morgan fingerprint density at radius 1 is 1.00 bits per heavy atom. The molecule has 3 nitrogen and oxygen atoms in total. The highest BCUT2D eigenvalue weighted by Gasteiger charge is 2.20. The maximum atomic E-state index is 5.84. The number of fused-ring (bicyclic) bond motifs is 2. The number of quaternary nitrogens is 1. The zero-order valence-corrected chi connectivity index (χ0v) is 12.4. The van der Waals surface area contributed by atoms with Crippen molar-refractivity contribution in [2.75, 3.05) is 24.7 Å². The van der Waals surface area contributed by atoms with Gasteiger partial charge in [0.1, 0.15) is 11.4 Å². The molecule has 0 saturated carbocycles. The van der Waals surface area contributed by atoms with Crippen LogP contribution in [-0.4, -0.2) is 14.1 Å². The van der Waals surface area contributed by atoms with Crippen LogP contribution in [0.25, 0.3) is 0 Å². The monoisotopic (exact) mass is 293 g/mol. The van der Waals surface area contributed by atoms with Crippen molar-refractivity contribution in [2.24, 2.45) is 0 Å². The van der Waals surface area contributed by atoms with Gasteiger partial charge in [0.05, 0.1) is 9.79 Å². The van der Waals surface area contributed by atoms with Gasteiger partial charge < -0.3 is 23.0 Å². The number of hydrogen-bond donors (Lipinski definition) is 2. The van der Waals surface area contributed by atoms with Crippen LogP contribution in [0.2, 0.25) is 0 Å². The first-order valence-electron chi connectivity index (χ1n) is 5.87. The molecule has 0 bridgehead atoms. The lowest BCUT2D eigenvalue weighted by Crippen LogP contribution is -3.00. The Balaban J connectivity index is 0.00000133. The Bertz CT molecular complexity index is 614. The van der Waals surface area contributed by atoms with Gasteiger partial charge in [-0.15, -0.1) is 0 Å². The molecule has 2 aromatic carbocycles. The van der Waals surface area contributed by atoms with E-state index in [9.17, 15) is 0 Å². The summed E-state index contributed by atoms with van der Waals surface area (Å²) in [6, 6.07) is 12.6. The van der Waals surface area contributed by atoms with Gasteiger partial charge in [-0.3, -0.25) is 5.32 Å². The molecule has 1 heterocycles. The predicted molar refractivity (Wildman–Crippen MR) is 77.0 cm³/mol. The molecular weight excluding hydrogens is 278 g/mol. The minimum Gasteiger partial charge on any atom is -1.00 e. The number of hydrogen-bond acceptors (Lipinski definition) is 3. The minimum atomic E-state index is 0. The number of benzene rings is 2. The van der Waals surface area contributed by atoms with Gasteiger partial charge in [0, 0.05) is 37.6 Å². The van der Waals surface area contributed by atoms with Crippen LogP contribution in [0, 0.1) is 0 Å². The fourth-order valence-corrected chi connectivity index (χ4v) is 3.15. The molecule has 4 N–H and O–H groups in total. The van der Waals surface area contributed by atoms with Gasteiger partial charge >= 0.3 is 0 Å². The molecule has 0 atom stereocenters. The van der Waals surface area contributed by atoms with Crippen LogP contribution < -0.4 is 28.4 Å². The quantitative estimate of drug-likeness (QED) is 0.585. The molecule has 5 heteroatoms. The molecule has 0 spiro atoms. The fourth-order valence-electron chi connectivity index (χ4n) is 2.05. The average Bonchev–Trinajstić information content (AvgIpc) is 2.35. The van der Waals surface area contributed by atoms with E-state index in [4.69, 9.17) is 5.73 Å². The highest BCUT2D eigenvalue weighted by atomic mass is 35.5. The highest BCUT2D eigenvalue weighted by molar-refractivity contribution is 7.99. The molecule has 0 unspecified atom stereocenters. The molecular formula is C14H16ClN3S. The van der Waals surface area contributed by atoms with E-state index in [1.807, 2.05) is 12.1 Å². The Hall–Kier alpha value is -1.36. The van der Waals surface area contributed by atoms with Crippen LogP contribution >= 0.6 is 11.8 Å². The van der Waals surface area contributed by atoms with Crippen molar-refractivity contribution in [3.63, 3.8) is 0 Å². The second-order valence-electron chi connectivity index (χ2n) is 4.66. The summed E-state index contributed by atoms with van der Waals surface area (Å²) in [6.45, 7) is 0. The molecule has 0 aliphatic carbocycles. The van der Waals surface area contributed by atoms with E-state index in [0.717, 1.165) is 5.69 Å². The summed E-state index contributed by atoms with van der Waals surface area (Å²) in [4.78, 5) is 4.65. The number of nitrogens with zero attached hydrogens (tertiary/aromatic N) is 1. The van der Waals surface area contributed by atoms with Gasteiger partial charge in [-0.2, -0.15) is 0 Å². The second-order valence-corrected chi connectivity index (χ2v) is 5.74. The van der Waals surface area contributed by atoms with Crippen molar-refractivity contribution in [1.29, 1.82) is 0 Å². The van der Waals surface area contributed by atoms with Crippen molar-refractivity contribution in [3.05, 3.63) is 36.4 Å². The third kappa shape index (κ3) is 2.66. The lowest BCUT2D eigenvalue weighted by atomic mass is 10.2. The molecule has 100 valence electrons. The Morgan fingerprint density at radius 2 is 1.63 bits per heavy atom. The number of nitrogen functional groups attached to an aromatic ring is 1. The van der Waals surface area contributed by atoms with E-state index in [1.54, 1.807) is 11.8 Å². The fraction of sp³-hybridized carbons (Fsp3) is 0.143. The lowest BCUT2D eigenvalue weighted by Gasteiger charge is -2.19. The summed E-state index contributed by atoms with van der Waals surface area (Å²) < 4.78 is 0. The molecule has 0 aromatic heterocycles. The van der Waals surface area contributed by atoms with Gasteiger partial charge in [0.2, 0.25) is 0 Å². The topological polar surface area (TPSA) is 45.9 Å². The zero-order chi connectivity index (χ0) is 12.7.